The maximum atomic E-state index is 14.2. The van der Waals surface area contributed by atoms with Crippen molar-refractivity contribution in [1.82, 2.24) is 19.6 Å². The lowest BCUT2D eigenvalue weighted by atomic mass is 9.96. The number of anilines is 1. The Labute approximate surface area is 233 Å². The molecule has 3 aromatic rings. The second kappa shape index (κ2) is 10.9. The van der Waals surface area contributed by atoms with E-state index < -0.39 is 24.2 Å². The van der Waals surface area contributed by atoms with Gasteiger partial charge in [-0.3, -0.25) is 9.59 Å². The summed E-state index contributed by atoms with van der Waals surface area (Å²) in [6, 6.07) is 10.9. The molecule has 0 unspecified atom stereocenters. The molecule has 2 atom stereocenters. The summed E-state index contributed by atoms with van der Waals surface area (Å²) < 4.78 is 54.0. The van der Waals surface area contributed by atoms with E-state index in [1.165, 1.54) is 19.1 Å². The van der Waals surface area contributed by atoms with Crippen molar-refractivity contribution in [2.75, 3.05) is 45.7 Å². The molecule has 1 aromatic heterocycles. The van der Waals surface area contributed by atoms with Gasteiger partial charge < -0.3 is 24.6 Å². The summed E-state index contributed by atoms with van der Waals surface area (Å²) in [6.45, 7) is 0.936. The van der Waals surface area contributed by atoms with Crippen LogP contribution in [0.4, 0.5) is 19.0 Å². The number of aromatic nitrogens is 2. The number of ether oxygens (including phenoxy) is 2. The first-order chi connectivity index (χ1) is 19.1. The van der Waals surface area contributed by atoms with Gasteiger partial charge in [-0.2, -0.15) is 18.3 Å². The summed E-state index contributed by atoms with van der Waals surface area (Å²) in [5.41, 5.74) is 0.803. The van der Waals surface area contributed by atoms with Crippen LogP contribution in [0.15, 0.2) is 48.5 Å². The van der Waals surface area contributed by atoms with Crippen molar-refractivity contribution in [2.45, 2.75) is 24.7 Å². The number of methoxy groups -OCH3 is 2. The SMILES string of the molecule is COc1ccc([C@H]2C[C@@H](C(F)(F)F)n3nc(C(=O)N4CCN(C(=O)c5ccccc5)CC4)c(Cl)c3N2)cc1OC. The van der Waals surface area contributed by atoms with E-state index in [0.717, 1.165) is 4.68 Å². The zero-order valence-electron chi connectivity index (χ0n) is 21.7. The van der Waals surface area contributed by atoms with Crippen molar-refractivity contribution < 1.29 is 32.2 Å². The van der Waals surface area contributed by atoms with E-state index in [0.29, 0.717) is 22.6 Å². The molecule has 13 heteroatoms. The number of alkyl halides is 3. The van der Waals surface area contributed by atoms with Crippen LogP contribution in [0.2, 0.25) is 5.02 Å². The Kier molecular flexibility index (Phi) is 7.54. The van der Waals surface area contributed by atoms with Gasteiger partial charge in [0.1, 0.15) is 10.8 Å². The lowest BCUT2D eigenvalue weighted by molar-refractivity contribution is -0.173. The number of piperazine rings is 1. The molecule has 0 aliphatic carbocycles. The van der Waals surface area contributed by atoms with Crippen LogP contribution in [-0.4, -0.2) is 78.0 Å². The fraction of sp³-hybridized carbons (Fsp3) is 0.370. The van der Waals surface area contributed by atoms with Gasteiger partial charge in [-0.1, -0.05) is 35.9 Å². The van der Waals surface area contributed by atoms with E-state index in [2.05, 4.69) is 10.4 Å². The maximum absolute atomic E-state index is 14.2. The normalized spacial score (nSPS) is 19.1. The molecule has 1 N–H and O–H groups in total. The third-order valence-electron chi connectivity index (χ3n) is 7.18. The highest BCUT2D eigenvalue weighted by Gasteiger charge is 2.48. The summed E-state index contributed by atoms with van der Waals surface area (Å²) in [7, 11) is 2.91. The molecule has 40 heavy (non-hydrogen) atoms. The summed E-state index contributed by atoms with van der Waals surface area (Å²) in [5, 5.41) is 6.90. The average Bonchev–Trinajstić information content (AvgIpc) is 3.31. The number of benzene rings is 2. The van der Waals surface area contributed by atoms with Crippen molar-refractivity contribution in [2.24, 2.45) is 0 Å². The molecule has 0 radical (unpaired) electrons. The van der Waals surface area contributed by atoms with Crippen LogP contribution in [0.25, 0.3) is 0 Å². The Bertz CT molecular complexity index is 1410. The molecular formula is C27H27ClF3N5O4. The lowest BCUT2D eigenvalue weighted by Gasteiger charge is -2.34. The average molecular weight is 578 g/mol. The Balaban J connectivity index is 1.38. The number of halogens is 4. The molecule has 9 nitrogen and oxygen atoms in total. The largest absolute Gasteiger partial charge is 0.493 e. The van der Waals surface area contributed by atoms with Crippen LogP contribution < -0.4 is 14.8 Å². The molecule has 2 aromatic carbocycles. The minimum absolute atomic E-state index is 0.0868. The Morgan fingerprint density at radius 1 is 0.950 bits per heavy atom. The van der Waals surface area contributed by atoms with Crippen molar-refractivity contribution in [3.8, 4) is 11.5 Å². The zero-order valence-corrected chi connectivity index (χ0v) is 22.5. The molecule has 0 bridgehead atoms. The van der Waals surface area contributed by atoms with Gasteiger partial charge in [0.15, 0.2) is 23.2 Å². The first kappa shape index (κ1) is 27.6. The Morgan fingerprint density at radius 2 is 1.57 bits per heavy atom. The Morgan fingerprint density at radius 3 is 2.17 bits per heavy atom. The highest BCUT2D eigenvalue weighted by molar-refractivity contribution is 6.36. The minimum Gasteiger partial charge on any atom is -0.493 e. The van der Waals surface area contributed by atoms with Crippen molar-refractivity contribution >= 4 is 29.2 Å². The topological polar surface area (TPSA) is 88.9 Å². The number of rotatable bonds is 5. The fourth-order valence-corrected chi connectivity index (χ4v) is 5.30. The van der Waals surface area contributed by atoms with E-state index in [1.807, 2.05) is 6.07 Å². The number of nitrogens with zero attached hydrogens (tertiary/aromatic N) is 4. The van der Waals surface area contributed by atoms with Crippen LogP contribution in [0.3, 0.4) is 0 Å². The molecular weight excluding hydrogens is 551 g/mol. The van der Waals surface area contributed by atoms with Crippen LogP contribution in [0.1, 0.15) is 44.9 Å². The number of fused-ring (bicyclic) bond motifs is 1. The molecule has 2 aliphatic heterocycles. The zero-order chi connectivity index (χ0) is 28.6. The molecule has 0 saturated carbocycles. The molecule has 212 valence electrons. The van der Waals surface area contributed by atoms with Crippen LogP contribution in [0.5, 0.6) is 11.5 Å². The molecule has 2 aliphatic rings. The van der Waals surface area contributed by atoms with Crippen molar-refractivity contribution in [3.63, 3.8) is 0 Å². The van der Waals surface area contributed by atoms with Crippen molar-refractivity contribution in [1.29, 1.82) is 0 Å². The quantitative estimate of drug-likeness (QED) is 0.468. The van der Waals surface area contributed by atoms with Crippen LogP contribution in [-0.2, 0) is 0 Å². The highest BCUT2D eigenvalue weighted by Crippen LogP contribution is 2.47. The maximum Gasteiger partial charge on any atom is 0.410 e. The number of nitrogens with one attached hydrogen (secondary N) is 1. The third-order valence-corrected chi connectivity index (χ3v) is 7.54. The van der Waals surface area contributed by atoms with Gasteiger partial charge in [0.05, 0.1) is 20.3 Å². The molecule has 1 saturated heterocycles. The summed E-state index contributed by atoms with van der Waals surface area (Å²) in [5.74, 6) is -0.0192. The highest BCUT2D eigenvalue weighted by atomic mass is 35.5. The van der Waals surface area contributed by atoms with Gasteiger partial charge >= 0.3 is 6.18 Å². The van der Waals surface area contributed by atoms with E-state index in [-0.39, 0.29) is 55.0 Å². The predicted octanol–water partition coefficient (Wildman–Crippen LogP) is 4.81. The molecule has 0 spiro atoms. The lowest BCUT2D eigenvalue weighted by Crippen LogP contribution is -2.50. The number of hydrogen-bond donors (Lipinski definition) is 1. The number of amides is 2. The first-order valence-corrected chi connectivity index (χ1v) is 13.0. The summed E-state index contributed by atoms with van der Waals surface area (Å²) in [4.78, 5) is 29.2. The first-order valence-electron chi connectivity index (χ1n) is 12.6. The van der Waals surface area contributed by atoms with E-state index in [4.69, 9.17) is 21.1 Å². The second-order valence-corrected chi connectivity index (χ2v) is 9.89. The predicted molar refractivity (Wildman–Crippen MR) is 141 cm³/mol. The molecule has 1 fully saturated rings. The summed E-state index contributed by atoms with van der Waals surface area (Å²) in [6.07, 6.45) is -5.03. The van der Waals surface area contributed by atoms with Crippen molar-refractivity contribution in [3.05, 3.63) is 70.4 Å². The molecule has 5 rings (SSSR count). The summed E-state index contributed by atoms with van der Waals surface area (Å²) >= 11 is 6.52. The smallest absolute Gasteiger partial charge is 0.410 e. The molecule has 2 amide bonds. The van der Waals surface area contributed by atoms with Gasteiger partial charge in [-0.15, -0.1) is 0 Å². The fourth-order valence-electron chi connectivity index (χ4n) is 5.04. The Hall–Kier alpha value is -3.93. The van der Waals surface area contributed by atoms with Gasteiger partial charge in [0.25, 0.3) is 11.8 Å². The van der Waals surface area contributed by atoms with E-state index in [1.54, 1.807) is 47.4 Å². The number of carbonyl (C=O) groups excluding carboxylic acids is 2. The third kappa shape index (κ3) is 5.15. The van der Waals surface area contributed by atoms with Gasteiger partial charge in [-0.25, -0.2) is 4.68 Å². The second-order valence-electron chi connectivity index (χ2n) is 9.51. The van der Waals surface area contributed by atoms with E-state index in [9.17, 15) is 22.8 Å². The minimum atomic E-state index is -4.65. The van der Waals surface area contributed by atoms with Crippen LogP contribution in [0, 0.1) is 0 Å². The molecule has 3 heterocycles. The van der Waals surface area contributed by atoms with Gasteiger partial charge in [-0.05, 0) is 29.8 Å². The number of carbonyl (C=O) groups is 2. The van der Waals surface area contributed by atoms with Crippen LogP contribution >= 0.6 is 11.6 Å². The van der Waals surface area contributed by atoms with Gasteiger partial charge in [0, 0.05) is 38.2 Å². The monoisotopic (exact) mass is 577 g/mol. The standard InChI is InChI=1S/C27H27ClF3N5O4/c1-39-19-9-8-17(14-20(19)40-2)18-15-21(27(29,30)31)36-24(32-18)22(28)23(33-36)26(38)35-12-10-34(11-13-35)25(37)16-6-4-3-5-7-16/h3-9,14,18,21,32H,10-13,15H2,1-2H3/t18-,21+/m1/s1. The van der Waals surface area contributed by atoms with Gasteiger partial charge in [0.2, 0.25) is 0 Å². The number of hydrogen-bond acceptors (Lipinski definition) is 6. The van der Waals surface area contributed by atoms with E-state index >= 15 is 0 Å².